The van der Waals surface area contributed by atoms with Gasteiger partial charge in [-0.05, 0) is 39.5 Å². The first kappa shape index (κ1) is 8.98. The van der Waals surface area contributed by atoms with Gasteiger partial charge in [0.05, 0.1) is 12.2 Å². The lowest BCUT2D eigenvalue weighted by molar-refractivity contribution is -0.0625. The third-order valence-electron chi connectivity index (χ3n) is 2.25. The molecule has 11 heavy (non-hydrogen) atoms. The Hall–Kier alpha value is -0.110. The number of alkyl halides is 1. The second-order valence-corrected chi connectivity index (χ2v) is 3.50. The fraction of sp³-hybridized carbons (Fsp3) is 0.889. The van der Waals surface area contributed by atoms with E-state index in [-0.39, 0.29) is 18.1 Å². The van der Waals surface area contributed by atoms with Crippen LogP contribution >= 0.6 is 0 Å². The molecule has 0 aromatic carbocycles. The molecule has 1 saturated heterocycles. The Balaban J connectivity index is 2.43. The second-order valence-electron chi connectivity index (χ2n) is 3.50. The van der Waals surface area contributed by atoms with E-state index >= 15 is 0 Å². The molecule has 1 heterocycles. The van der Waals surface area contributed by atoms with Gasteiger partial charge in [-0.15, -0.1) is 0 Å². The highest BCUT2D eigenvalue weighted by Crippen LogP contribution is 2.28. The number of halogens is 1. The maximum absolute atomic E-state index is 12.8. The van der Waals surface area contributed by atoms with Gasteiger partial charge >= 0.3 is 0 Å². The first-order valence-electron chi connectivity index (χ1n) is 4.22. The van der Waals surface area contributed by atoms with E-state index in [0.717, 1.165) is 12.8 Å². The fourth-order valence-corrected chi connectivity index (χ4v) is 1.75. The standard InChI is InChI=1S/C9H16FO/c1-6-4-9(8(3)10)5-7(2)11-6/h6-9H,3-5H2,1-2H3. The quantitative estimate of drug-likeness (QED) is 0.570. The van der Waals surface area contributed by atoms with Crippen molar-refractivity contribution in [2.24, 2.45) is 5.92 Å². The van der Waals surface area contributed by atoms with Gasteiger partial charge in [0.1, 0.15) is 6.17 Å². The van der Waals surface area contributed by atoms with Crippen LogP contribution in [0.5, 0.6) is 0 Å². The minimum atomic E-state index is -0.927. The second kappa shape index (κ2) is 3.53. The van der Waals surface area contributed by atoms with Gasteiger partial charge in [-0.25, -0.2) is 4.39 Å². The zero-order valence-corrected chi connectivity index (χ0v) is 7.22. The molecule has 0 N–H and O–H groups in total. The summed E-state index contributed by atoms with van der Waals surface area (Å²) in [4.78, 5) is 0. The minimum Gasteiger partial charge on any atom is -0.376 e. The van der Waals surface area contributed by atoms with Crippen molar-refractivity contribution in [3.05, 3.63) is 6.92 Å². The highest BCUT2D eigenvalue weighted by atomic mass is 19.1. The molecule has 1 rings (SSSR count). The van der Waals surface area contributed by atoms with E-state index in [1.54, 1.807) is 0 Å². The molecule has 1 radical (unpaired) electrons. The summed E-state index contributed by atoms with van der Waals surface area (Å²) >= 11 is 0. The van der Waals surface area contributed by atoms with E-state index in [1.165, 1.54) is 0 Å². The van der Waals surface area contributed by atoms with Crippen LogP contribution in [0.1, 0.15) is 26.7 Å². The first-order chi connectivity index (χ1) is 5.09. The largest absolute Gasteiger partial charge is 0.376 e. The van der Waals surface area contributed by atoms with Gasteiger partial charge in [0.25, 0.3) is 0 Å². The Morgan fingerprint density at radius 2 is 1.82 bits per heavy atom. The van der Waals surface area contributed by atoms with Crippen LogP contribution in [0.4, 0.5) is 4.39 Å². The average Bonchev–Trinajstić information content (AvgIpc) is 1.85. The predicted molar refractivity (Wildman–Crippen MR) is 43.0 cm³/mol. The van der Waals surface area contributed by atoms with Crippen LogP contribution in [0.2, 0.25) is 0 Å². The lowest BCUT2D eigenvalue weighted by Crippen LogP contribution is -2.32. The molecule has 3 atom stereocenters. The van der Waals surface area contributed by atoms with E-state index in [9.17, 15) is 4.39 Å². The molecule has 1 nitrogen and oxygen atoms in total. The summed E-state index contributed by atoms with van der Waals surface area (Å²) in [5.74, 6) is 0.105. The highest BCUT2D eigenvalue weighted by Gasteiger charge is 2.28. The molecule has 0 aromatic heterocycles. The Morgan fingerprint density at radius 1 is 1.36 bits per heavy atom. The monoisotopic (exact) mass is 159 g/mol. The number of ether oxygens (including phenoxy) is 1. The van der Waals surface area contributed by atoms with Crippen LogP contribution < -0.4 is 0 Å². The molecule has 1 fully saturated rings. The summed E-state index contributed by atoms with van der Waals surface area (Å²) < 4.78 is 18.2. The van der Waals surface area contributed by atoms with Crippen LogP contribution in [0.15, 0.2) is 0 Å². The maximum Gasteiger partial charge on any atom is 0.103 e. The highest BCUT2D eigenvalue weighted by molar-refractivity contribution is 4.79. The maximum atomic E-state index is 12.8. The van der Waals surface area contributed by atoms with E-state index in [2.05, 4.69) is 6.92 Å². The molecule has 0 saturated carbocycles. The Morgan fingerprint density at radius 3 is 2.18 bits per heavy atom. The molecular weight excluding hydrogens is 143 g/mol. The first-order valence-corrected chi connectivity index (χ1v) is 4.22. The lowest BCUT2D eigenvalue weighted by atomic mass is 9.89. The SMILES string of the molecule is [CH2]C(F)C1CC(C)OC(C)C1. The van der Waals surface area contributed by atoms with Gasteiger partial charge < -0.3 is 4.74 Å². The Bertz CT molecular complexity index is 115. The van der Waals surface area contributed by atoms with Crippen LogP contribution in [0, 0.1) is 12.8 Å². The number of rotatable bonds is 1. The summed E-state index contributed by atoms with van der Waals surface area (Å²) in [6, 6.07) is 0. The molecule has 1 aliphatic rings. The third kappa shape index (κ3) is 2.44. The normalized spacial score (nSPS) is 42.0. The third-order valence-corrected chi connectivity index (χ3v) is 2.25. The van der Waals surface area contributed by atoms with Crippen LogP contribution in [0.3, 0.4) is 0 Å². The van der Waals surface area contributed by atoms with Gasteiger partial charge in [0, 0.05) is 0 Å². The summed E-state index contributed by atoms with van der Waals surface area (Å²) in [7, 11) is 0. The van der Waals surface area contributed by atoms with E-state index in [0.29, 0.717) is 0 Å². The molecule has 1 aliphatic heterocycles. The zero-order chi connectivity index (χ0) is 8.43. The van der Waals surface area contributed by atoms with Gasteiger partial charge in [-0.2, -0.15) is 0 Å². The van der Waals surface area contributed by atoms with Gasteiger partial charge in [0.15, 0.2) is 0 Å². The van der Waals surface area contributed by atoms with Crippen molar-refractivity contribution in [1.29, 1.82) is 0 Å². The Labute approximate surface area is 67.9 Å². The summed E-state index contributed by atoms with van der Waals surface area (Å²) in [6.07, 6.45) is 1.10. The van der Waals surface area contributed by atoms with Gasteiger partial charge in [0.2, 0.25) is 0 Å². The lowest BCUT2D eigenvalue weighted by Gasteiger charge is -2.32. The van der Waals surface area contributed by atoms with Crippen molar-refractivity contribution < 1.29 is 9.13 Å². The number of hydrogen-bond donors (Lipinski definition) is 0. The van der Waals surface area contributed by atoms with Crippen LogP contribution in [-0.2, 0) is 4.74 Å². The van der Waals surface area contributed by atoms with Crippen molar-refractivity contribution in [3.8, 4) is 0 Å². The molecule has 0 spiro atoms. The molecule has 3 unspecified atom stereocenters. The Kier molecular flexibility index (Phi) is 2.88. The van der Waals surface area contributed by atoms with Gasteiger partial charge in [-0.3, -0.25) is 0 Å². The smallest absolute Gasteiger partial charge is 0.103 e. The van der Waals surface area contributed by atoms with E-state index < -0.39 is 6.17 Å². The summed E-state index contributed by atoms with van der Waals surface area (Å²) in [6.45, 7) is 7.39. The molecule has 65 valence electrons. The van der Waals surface area contributed by atoms with Crippen molar-refractivity contribution in [2.75, 3.05) is 0 Å². The zero-order valence-electron chi connectivity index (χ0n) is 7.22. The summed E-state index contributed by atoms with van der Waals surface area (Å²) in [5.41, 5.74) is 0. The van der Waals surface area contributed by atoms with Crippen molar-refractivity contribution in [2.45, 2.75) is 45.1 Å². The molecule has 2 heteroatoms. The predicted octanol–water partition coefficient (Wildman–Crippen LogP) is 2.36. The molecule has 0 amide bonds. The molecule has 0 aromatic rings. The number of hydrogen-bond acceptors (Lipinski definition) is 1. The molecule has 0 aliphatic carbocycles. The van der Waals surface area contributed by atoms with Crippen LogP contribution in [0.25, 0.3) is 0 Å². The fourth-order valence-electron chi connectivity index (χ4n) is 1.75. The van der Waals surface area contributed by atoms with E-state index in [4.69, 9.17) is 4.74 Å². The van der Waals surface area contributed by atoms with Crippen LogP contribution in [-0.4, -0.2) is 18.4 Å². The van der Waals surface area contributed by atoms with E-state index in [1.807, 2.05) is 13.8 Å². The molecular formula is C9H16FO. The topological polar surface area (TPSA) is 9.23 Å². The van der Waals surface area contributed by atoms with Crippen molar-refractivity contribution in [1.82, 2.24) is 0 Å². The average molecular weight is 159 g/mol. The summed E-state index contributed by atoms with van der Waals surface area (Å²) in [5, 5.41) is 0. The van der Waals surface area contributed by atoms with Crippen molar-refractivity contribution in [3.63, 3.8) is 0 Å². The molecule has 0 bridgehead atoms. The van der Waals surface area contributed by atoms with Crippen molar-refractivity contribution >= 4 is 0 Å². The minimum absolute atomic E-state index is 0.105. The van der Waals surface area contributed by atoms with Gasteiger partial charge in [-0.1, -0.05) is 0 Å².